The molecule has 1 saturated carbocycles. The van der Waals surface area contributed by atoms with Crippen molar-refractivity contribution >= 4 is 5.91 Å². The van der Waals surface area contributed by atoms with Crippen LogP contribution < -0.4 is 0 Å². The lowest BCUT2D eigenvalue weighted by Gasteiger charge is -2.36. The molecule has 1 amide bonds. The third-order valence-corrected chi connectivity index (χ3v) is 4.71. The predicted octanol–water partition coefficient (Wildman–Crippen LogP) is 3.14. The summed E-state index contributed by atoms with van der Waals surface area (Å²) in [6.07, 6.45) is 5.84. The SMILES string of the molecule is CC(C)CCN1CCC(C(=O)N(C(C)C)C2CC2)CC1. The van der Waals surface area contributed by atoms with Crippen molar-refractivity contribution in [1.29, 1.82) is 0 Å². The van der Waals surface area contributed by atoms with Crippen LogP contribution in [0.2, 0.25) is 0 Å². The Morgan fingerprint density at radius 1 is 1.10 bits per heavy atom. The highest BCUT2D eigenvalue weighted by atomic mass is 16.2. The quantitative estimate of drug-likeness (QED) is 0.746. The highest BCUT2D eigenvalue weighted by molar-refractivity contribution is 5.80. The van der Waals surface area contributed by atoms with Crippen molar-refractivity contribution in [3.63, 3.8) is 0 Å². The molecule has 0 N–H and O–H groups in total. The fourth-order valence-electron chi connectivity index (χ4n) is 3.26. The van der Waals surface area contributed by atoms with Crippen LogP contribution in [0.5, 0.6) is 0 Å². The van der Waals surface area contributed by atoms with Crippen LogP contribution in [-0.2, 0) is 4.79 Å². The Kier molecular flexibility index (Phi) is 5.48. The highest BCUT2D eigenvalue weighted by Gasteiger charge is 2.38. The van der Waals surface area contributed by atoms with E-state index in [4.69, 9.17) is 0 Å². The first-order valence-corrected chi connectivity index (χ1v) is 8.53. The van der Waals surface area contributed by atoms with Gasteiger partial charge in [-0.3, -0.25) is 4.79 Å². The van der Waals surface area contributed by atoms with Crippen LogP contribution >= 0.6 is 0 Å². The van der Waals surface area contributed by atoms with Crippen LogP contribution in [0, 0.1) is 11.8 Å². The van der Waals surface area contributed by atoms with Crippen LogP contribution in [0.25, 0.3) is 0 Å². The van der Waals surface area contributed by atoms with Gasteiger partial charge in [-0.05, 0) is 71.5 Å². The van der Waals surface area contributed by atoms with Gasteiger partial charge in [0.25, 0.3) is 0 Å². The summed E-state index contributed by atoms with van der Waals surface area (Å²) in [4.78, 5) is 17.4. The highest BCUT2D eigenvalue weighted by Crippen LogP contribution is 2.32. The van der Waals surface area contributed by atoms with E-state index in [0.717, 1.165) is 31.8 Å². The van der Waals surface area contributed by atoms with E-state index in [0.29, 0.717) is 18.0 Å². The minimum atomic E-state index is 0.285. The van der Waals surface area contributed by atoms with Crippen molar-refractivity contribution in [2.24, 2.45) is 11.8 Å². The van der Waals surface area contributed by atoms with Crippen molar-refractivity contribution in [1.82, 2.24) is 9.80 Å². The molecule has 0 unspecified atom stereocenters. The Morgan fingerprint density at radius 2 is 1.70 bits per heavy atom. The summed E-state index contributed by atoms with van der Waals surface area (Å²) >= 11 is 0. The van der Waals surface area contributed by atoms with Gasteiger partial charge < -0.3 is 9.80 Å². The Bertz CT molecular complexity index is 313. The van der Waals surface area contributed by atoms with E-state index >= 15 is 0 Å². The molecule has 1 aliphatic carbocycles. The van der Waals surface area contributed by atoms with Gasteiger partial charge in [0.15, 0.2) is 0 Å². The van der Waals surface area contributed by atoms with Crippen LogP contribution in [0.4, 0.5) is 0 Å². The molecule has 1 heterocycles. The molecule has 0 radical (unpaired) electrons. The van der Waals surface area contributed by atoms with Gasteiger partial charge in [-0.2, -0.15) is 0 Å². The van der Waals surface area contributed by atoms with E-state index in [1.165, 1.54) is 25.8 Å². The molecule has 0 spiro atoms. The van der Waals surface area contributed by atoms with Crippen molar-refractivity contribution < 1.29 is 4.79 Å². The number of hydrogen-bond donors (Lipinski definition) is 0. The average molecular weight is 280 g/mol. The van der Waals surface area contributed by atoms with Crippen molar-refractivity contribution in [2.75, 3.05) is 19.6 Å². The van der Waals surface area contributed by atoms with Gasteiger partial charge >= 0.3 is 0 Å². The first kappa shape index (κ1) is 15.8. The zero-order valence-corrected chi connectivity index (χ0v) is 13.8. The van der Waals surface area contributed by atoms with E-state index in [9.17, 15) is 4.79 Å². The fourth-order valence-corrected chi connectivity index (χ4v) is 3.26. The maximum absolute atomic E-state index is 12.7. The van der Waals surface area contributed by atoms with Gasteiger partial charge in [0.05, 0.1) is 0 Å². The minimum absolute atomic E-state index is 0.285. The maximum atomic E-state index is 12.7. The number of nitrogens with zero attached hydrogens (tertiary/aromatic N) is 2. The molecule has 116 valence electrons. The largest absolute Gasteiger partial charge is 0.337 e. The molecule has 1 saturated heterocycles. The van der Waals surface area contributed by atoms with E-state index in [-0.39, 0.29) is 5.92 Å². The van der Waals surface area contributed by atoms with E-state index in [1.807, 2.05) is 0 Å². The number of piperidine rings is 1. The van der Waals surface area contributed by atoms with Crippen LogP contribution in [0.1, 0.15) is 59.8 Å². The molecule has 0 aromatic rings. The summed E-state index contributed by atoms with van der Waals surface area (Å²) in [5.74, 6) is 1.50. The van der Waals surface area contributed by atoms with Gasteiger partial charge in [0.2, 0.25) is 5.91 Å². The molecule has 2 aliphatic rings. The van der Waals surface area contributed by atoms with Crippen molar-refractivity contribution in [3.8, 4) is 0 Å². The first-order chi connectivity index (χ1) is 9.49. The van der Waals surface area contributed by atoms with Crippen molar-refractivity contribution in [3.05, 3.63) is 0 Å². The second kappa shape index (κ2) is 6.93. The fraction of sp³-hybridized carbons (Fsp3) is 0.941. The van der Waals surface area contributed by atoms with E-state index in [2.05, 4.69) is 37.5 Å². The third-order valence-electron chi connectivity index (χ3n) is 4.71. The number of rotatable bonds is 6. The molecule has 0 atom stereocenters. The Balaban J connectivity index is 1.79. The Labute approximate surface area is 124 Å². The smallest absolute Gasteiger partial charge is 0.226 e. The lowest BCUT2D eigenvalue weighted by Crippen LogP contribution is -2.46. The summed E-state index contributed by atoms with van der Waals surface area (Å²) in [7, 11) is 0. The molecule has 0 aromatic heterocycles. The van der Waals surface area contributed by atoms with Crippen LogP contribution in [-0.4, -0.2) is 47.4 Å². The van der Waals surface area contributed by atoms with Crippen LogP contribution in [0.15, 0.2) is 0 Å². The maximum Gasteiger partial charge on any atom is 0.226 e. The topological polar surface area (TPSA) is 23.6 Å². The van der Waals surface area contributed by atoms with Gasteiger partial charge in [0.1, 0.15) is 0 Å². The first-order valence-electron chi connectivity index (χ1n) is 8.53. The molecule has 2 fully saturated rings. The molecule has 2 rings (SSSR count). The molecule has 20 heavy (non-hydrogen) atoms. The second-order valence-corrected chi connectivity index (χ2v) is 7.37. The van der Waals surface area contributed by atoms with Gasteiger partial charge in [-0.1, -0.05) is 13.8 Å². The molecular weight excluding hydrogens is 248 g/mol. The number of amides is 1. The minimum Gasteiger partial charge on any atom is -0.337 e. The Hall–Kier alpha value is -0.570. The van der Waals surface area contributed by atoms with E-state index in [1.54, 1.807) is 0 Å². The predicted molar refractivity (Wildman–Crippen MR) is 83.6 cm³/mol. The normalized spacial score (nSPS) is 21.7. The van der Waals surface area contributed by atoms with Crippen LogP contribution in [0.3, 0.4) is 0 Å². The zero-order chi connectivity index (χ0) is 14.7. The average Bonchev–Trinajstić information content (AvgIpc) is 3.21. The lowest BCUT2D eigenvalue weighted by atomic mass is 9.94. The number of carbonyl (C=O) groups excluding carboxylic acids is 1. The lowest BCUT2D eigenvalue weighted by molar-refractivity contribution is -0.139. The third kappa shape index (κ3) is 4.21. The number of carbonyl (C=O) groups is 1. The van der Waals surface area contributed by atoms with Gasteiger partial charge in [-0.25, -0.2) is 0 Å². The molecule has 1 aliphatic heterocycles. The molecule has 3 nitrogen and oxygen atoms in total. The summed E-state index contributed by atoms with van der Waals surface area (Å²) in [5, 5.41) is 0. The van der Waals surface area contributed by atoms with Gasteiger partial charge in [0, 0.05) is 18.0 Å². The van der Waals surface area contributed by atoms with E-state index < -0.39 is 0 Å². The molecular formula is C17H32N2O. The monoisotopic (exact) mass is 280 g/mol. The van der Waals surface area contributed by atoms with Gasteiger partial charge in [-0.15, -0.1) is 0 Å². The summed E-state index contributed by atoms with van der Waals surface area (Å²) in [6.45, 7) is 12.3. The summed E-state index contributed by atoms with van der Waals surface area (Å²) < 4.78 is 0. The zero-order valence-electron chi connectivity index (χ0n) is 13.8. The molecule has 0 bridgehead atoms. The number of likely N-dealkylation sites (tertiary alicyclic amines) is 1. The molecule has 3 heteroatoms. The second-order valence-electron chi connectivity index (χ2n) is 7.37. The standard InChI is InChI=1S/C17H32N2O/c1-13(2)7-10-18-11-8-15(9-12-18)17(20)19(14(3)4)16-5-6-16/h13-16H,5-12H2,1-4H3. The summed E-state index contributed by atoms with van der Waals surface area (Å²) in [5.41, 5.74) is 0. The summed E-state index contributed by atoms with van der Waals surface area (Å²) in [6, 6.07) is 0.926. The Morgan fingerprint density at radius 3 is 2.15 bits per heavy atom. The molecule has 0 aromatic carbocycles. The number of hydrogen-bond acceptors (Lipinski definition) is 2. The van der Waals surface area contributed by atoms with Crippen molar-refractivity contribution in [2.45, 2.75) is 71.9 Å².